The van der Waals surface area contributed by atoms with Crippen LogP contribution in [-0.2, 0) is 6.42 Å². The maximum Gasteiger partial charge on any atom is 0.0572 e. The topological polar surface area (TPSA) is 6.48 Å². The van der Waals surface area contributed by atoms with Gasteiger partial charge in [0, 0.05) is 31.1 Å². The van der Waals surface area contributed by atoms with Crippen molar-refractivity contribution in [3.05, 3.63) is 21.9 Å². The number of hydrogen-bond donors (Lipinski definition) is 0. The van der Waals surface area contributed by atoms with Gasteiger partial charge in [-0.05, 0) is 30.5 Å². The lowest BCUT2D eigenvalue weighted by Crippen LogP contribution is -2.49. The van der Waals surface area contributed by atoms with Gasteiger partial charge in [0.15, 0.2) is 0 Å². The number of rotatable bonds is 0. The van der Waals surface area contributed by atoms with Crippen molar-refractivity contribution in [3.63, 3.8) is 0 Å². The van der Waals surface area contributed by atoms with Crippen LogP contribution in [0.25, 0.3) is 0 Å². The van der Waals surface area contributed by atoms with Crippen molar-refractivity contribution in [1.82, 2.24) is 9.80 Å². The summed E-state index contributed by atoms with van der Waals surface area (Å²) in [5.41, 5.74) is 1.60. The minimum Gasteiger partial charge on any atom is -0.303 e. The quantitative estimate of drug-likeness (QED) is 0.639. The molecule has 2 nitrogen and oxygen atoms in total. The summed E-state index contributed by atoms with van der Waals surface area (Å²) in [5, 5.41) is 2.25. The minimum absolute atomic E-state index is 0.692. The lowest BCUT2D eigenvalue weighted by atomic mass is 9.99. The van der Waals surface area contributed by atoms with Crippen molar-refractivity contribution >= 4 is 11.3 Å². The van der Waals surface area contributed by atoms with Crippen LogP contribution in [0.4, 0.5) is 0 Å². The number of nitrogens with zero attached hydrogens (tertiary/aromatic N) is 2. The molecule has 3 rings (SSSR count). The molecule has 1 saturated heterocycles. The van der Waals surface area contributed by atoms with Gasteiger partial charge in [0.25, 0.3) is 0 Å². The van der Waals surface area contributed by atoms with Crippen LogP contribution in [0.1, 0.15) is 16.5 Å². The number of hydrogen-bond acceptors (Lipinski definition) is 3. The largest absolute Gasteiger partial charge is 0.303 e. The number of fused-ring (bicyclic) bond motifs is 3. The third-order valence-electron chi connectivity index (χ3n) is 3.45. The van der Waals surface area contributed by atoms with E-state index in [1.807, 2.05) is 11.3 Å². The van der Waals surface area contributed by atoms with Gasteiger partial charge in [-0.1, -0.05) is 0 Å². The summed E-state index contributed by atoms with van der Waals surface area (Å²) in [6.07, 6.45) is 1.26. The molecule has 1 aromatic heterocycles. The fraction of sp³-hybridized carbons (Fsp3) is 0.636. The van der Waals surface area contributed by atoms with E-state index >= 15 is 0 Å². The summed E-state index contributed by atoms with van der Waals surface area (Å²) in [5.74, 6) is 0. The molecule has 0 aromatic carbocycles. The van der Waals surface area contributed by atoms with Crippen LogP contribution in [0, 0.1) is 0 Å². The Hall–Kier alpha value is -0.380. The van der Waals surface area contributed by atoms with Crippen LogP contribution in [0.15, 0.2) is 11.4 Å². The van der Waals surface area contributed by atoms with E-state index in [1.165, 1.54) is 32.6 Å². The van der Waals surface area contributed by atoms with Crippen molar-refractivity contribution in [3.8, 4) is 0 Å². The highest BCUT2D eigenvalue weighted by Gasteiger charge is 2.31. The van der Waals surface area contributed by atoms with Gasteiger partial charge >= 0.3 is 0 Å². The van der Waals surface area contributed by atoms with Crippen LogP contribution in [0.5, 0.6) is 0 Å². The Kier molecular flexibility index (Phi) is 2.11. The Bertz CT molecular complexity index is 334. The summed E-state index contributed by atoms with van der Waals surface area (Å²) in [6.45, 7) is 4.96. The molecule has 3 heteroatoms. The summed E-state index contributed by atoms with van der Waals surface area (Å²) < 4.78 is 0. The van der Waals surface area contributed by atoms with Crippen LogP contribution < -0.4 is 0 Å². The lowest BCUT2D eigenvalue weighted by molar-refractivity contribution is 0.0850. The Morgan fingerprint density at radius 2 is 2.29 bits per heavy atom. The number of likely N-dealkylation sites (N-methyl/N-ethyl adjacent to an activating group) is 1. The van der Waals surface area contributed by atoms with E-state index in [4.69, 9.17) is 0 Å². The Morgan fingerprint density at radius 1 is 1.36 bits per heavy atom. The predicted octanol–water partition coefficient (Wildman–Crippen LogP) is 1.59. The average Bonchev–Trinajstić information content (AvgIpc) is 2.65. The fourth-order valence-electron chi connectivity index (χ4n) is 2.58. The highest BCUT2D eigenvalue weighted by Crippen LogP contribution is 2.35. The average molecular weight is 208 g/mol. The van der Waals surface area contributed by atoms with E-state index in [9.17, 15) is 0 Å². The van der Waals surface area contributed by atoms with Gasteiger partial charge in [-0.25, -0.2) is 0 Å². The Balaban J connectivity index is 1.94. The first-order valence-corrected chi connectivity index (χ1v) is 6.21. The smallest absolute Gasteiger partial charge is 0.0572 e. The Labute approximate surface area is 89.1 Å². The summed E-state index contributed by atoms with van der Waals surface area (Å²) in [4.78, 5) is 6.73. The van der Waals surface area contributed by atoms with Gasteiger partial charge in [0.1, 0.15) is 0 Å². The van der Waals surface area contributed by atoms with E-state index in [1.54, 1.807) is 10.4 Å². The van der Waals surface area contributed by atoms with Gasteiger partial charge in [-0.3, -0.25) is 4.90 Å². The maximum atomic E-state index is 2.65. The highest BCUT2D eigenvalue weighted by atomic mass is 32.1. The van der Waals surface area contributed by atoms with Gasteiger partial charge < -0.3 is 4.90 Å². The van der Waals surface area contributed by atoms with E-state index in [2.05, 4.69) is 28.3 Å². The zero-order valence-electron chi connectivity index (χ0n) is 8.57. The molecule has 0 amide bonds. The third-order valence-corrected chi connectivity index (χ3v) is 4.51. The SMILES string of the molecule is CN1CCN2CCc3ccsc3C2C1. The summed E-state index contributed by atoms with van der Waals surface area (Å²) in [6, 6.07) is 3.00. The van der Waals surface area contributed by atoms with E-state index in [-0.39, 0.29) is 0 Å². The van der Waals surface area contributed by atoms with Crippen molar-refractivity contribution in [2.45, 2.75) is 12.5 Å². The standard InChI is InChI=1S/C11H16N2S/c1-12-5-6-13-4-2-9-3-7-14-11(9)10(13)8-12/h3,7,10H,2,4-6,8H2,1H3. The molecule has 1 unspecified atom stereocenters. The molecular weight excluding hydrogens is 192 g/mol. The summed E-state index contributed by atoms with van der Waals surface area (Å²) in [7, 11) is 2.24. The molecule has 0 bridgehead atoms. The monoisotopic (exact) mass is 208 g/mol. The molecule has 3 heterocycles. The molecule has 2 aliphatic rings. The van der Waals surface area contributed by atoms with Crippen LogP contribution in [-0.4, -0.2) is 43.0 Å². The molecule has 0 N–H and O–H groups in total. The van der Waals surface area contributed by atoms with Crippen molar-refractivity contribution in [1.29, 1.82) is 0 Å². The zero-order chi connectivity index (χ0) is 9.54. The molecule has 1 fully saturated rings. The van der Waals surface area contributed by atoms with Crippen LogP contribution in [0.3, 0.4) is 0 Å². The van der Waals surface area contributed by atoms with E-state index in [0.717, 1.165) is 0 Å². The highest BCUT2D eigenvalue weighted by molar-refractivity contribution is 7.10. The first-order chi connectivity index (χ1) is 6.84. The molecule has 2 aliphatic heterocycles. The van der Waals surface area contributed by atoms with Crippen LogP contribution in [0.2, 0.25) is 0 Å². The van der Waals surface area contributed by atoms with Gasteiger partial charge in [-0.2, -0.15) is 0 Å². The molecule has 1 atom stereocenters. The normalized spacial score (nSPS) is 28.5. The number of thiophene rings is 1. The van der Waals surface area contributed by atoms with Gasteiger partial charge in [-0.15, -0.1) is 11.3 Å². The lowest BCUT2D eigenvalue weighted by Gasteiger charge is -2.42. The van der Waals surface area contributed by atoms with Crippen molar-refractivity contribution in [2.75, 3.05) is 33.2 Å². The summed E-state index contributed by atoms with van der Waals surface area (Å²) >= 11 is 1.94. The number of piperazine rings is 1. The van der Waals surface area contributed by atoms with E-state index in [0.29, 0.717) is 6.04 Å². The minimum atomic E-state index is 0.692. The zero-order valence-corrected chi connectivity index (χ0v) is 9.39. The predicted molar refractivity (Wildman–Crippen MR) is 59.8 cm³/mol. The Morgan fingerprint density at radius 3 is 3.21 bits per heavy atom. The third kappa shape index (κ3) is 1.31. The second-order valence-corrected chi connectivity index (χ2v) is 5.32. The first-order valence-electron chi connectivity index (χ1n) is 5.33. The molecular formula is C11H16N2S. The molecule has 76 valence electrons. The molecule has 0 aliphatic carbocycles. The molecule has 14 heavy (non-hydrogen) atoms. The van der Waals surface area contributed by atoms with Crippen molar-refractivity contribution < 1.29 is 0 Å². The van der Waals surface area contributed by atoms with Crippen molar-refractivity contribution in [2.24, 2.45) is 0 Å². The molecule has 0 spiro atoms. The van der Waals surface area contributed by atoms with Gasteiger partial charge in [0.2, 0.25) is 0 Å². The second kappa shape index (κ2) is 3.33. The first kappa shape index (κ1) is 8.89. The van der Waals surface area contributed by atoms with E-state index < -0.39 is 0 Å². The molecule has 0 radical (unpaired) electrons. The molecule has 0 saturated carbocycles. The maximum absolute atomic E-state index is 2.65. The fourth-order valence-corrected chi connectivity index (χ4v) is 3.66. The molecule has 1 aromatic rings. The second-order valence-electron chi connectivity index (χ2n) is 4.37. The van der Waals surface area contributed by atoms with Crippen LogP contribution >= 0.6 is 11.3 Å². The van der Waals surface area contributed by atoms with Gasteiger partial charge in [0.05, 0.1) is 6.04 Å².